The number of hydrogen-bond donors (Lipinski definition) is 3. The van der Waals surface area contributed by atoms with Crippen LogP contribution in [0.2, 0.25) is 0 Å². The number of urea groups is 1. The zero-order valence-electron chi connectivity index (χ0n) is 26.3. The van der Waals surface area contributed by atoms with Gasteiger partial charge in [0.05, 0.1) is 19.8 Å². The molecule has 0 spiro atoms. The quantitative estimate of drug-likeness (QED) is 0.291. The van der Waals surface area contributed by atoms with Gasteiger partial charge in [-0.2, -0.15) is 15.0 Å². The summed E-state index contributed by atoms with van der Waals surface area (Å²) < 4.78 is 10.5. The van der Waals surface area contributed by atoms with E-state index in [4.69, 9.17) is 24.4 Å². The predicted octanol–water partition coefficient (Wildman–Crippen LogP) is 3.32. The number of hydrogen-bond acceptors (Lipinski definition) is 10. The first kappa shape index (κ1) is 32.1. The zero-order chi connectivity index (χ0) is 31.6. The third-order valence-electron chi connectivity index (χ3n) is 7.85. The lowest BCUT2D eigenvalue weighted by Gasteiger charge is -2.28. The first-order valence-corrected chi connectivity index (χ1v) is 15.5. The van der Waals surface area contributed by atoms with E-state index in [0.29, 0.717) is 67.1 Å². The van der Waals surface area contributed by atoms with Gasteiger partial charge in [-0.05, 0) is 68.8 Å². The second-order valence-electron chi connectivity index (χ2n) is 11.3. The maximum Gasteiger partial charge on any atom is 0.323 e. The van der Waals surface area contributed by atoms with Crippen molar-refractivity contribution in [1.82, 2.24) is 25.2 Å². The summed E-state index contributed by atoms with van der Waals surface area (Å²) in [6.45, 7) is 11.8. The Kier molecular flexibility index (Phi) is 11.1. The van der Waals surface area contributed by atoms with Crippen molar-refractivity contribution in [2.75, 3.05) is 93.2 Å². The number of carbonyl (C=O) groups is 2. The fourth-order valence-corrected chi connectivity index (χ4v) is 5.25. The molecule has 2 aliphatic rings. The van der Waals surface area contributed by atoms with Crippen LogP contribution in [0, 0.1) is 0 Å². The second-order valence-corrected chi connectivity index (χ2v) is 11.3. The average molecular weight is 618 g/mol. The minimum atomic E-state index is -0.395. The molecular formula is C32H43N9O4. The Morgan fingerprint density at radius 1 is 0.822 bits per heavy atom. The molecule has 0 aliphatic carbocycles. The molecule has 2 aliphatic heterocycles. The molecular weight excluding hydrogens is 574 g/mol. The molecule has 0 bridgehead atoms. The topological polar surface area (TPSA) is 137 Å². The molecule has 0 unspecified atom stereocenters. The van der Waals surface area contributed by atoms with Crippen molar-refractivity contribution >= 4 is 35.2 Å². The number of rotatable bonds is 10. The smallest absolute Gasteiger partial charge is 0.323 e. The van der Waals surface area contributed by atoms with E-state index in [0.717, 1.165) is 51.3 Å². The SMILES string of the molecule is COCCNC(=O)c1ccc(NC(=O)Nc2ccc(-c3nc(N4CCOCC4)nc(N4CCCN(C(C)C)CC4)n3)cc2)cc1. The molecule has 0 atom stereocenters. The van der Waals surface area contributed by atoms with Gasteiger partial charge in [0.15, 0.2) is 5.82 Å². The van der Waals surface area contributed by atoms with Crippen LogP contribution >= 0.6 is 0 Å². The maximum absolute atomic E-state index is 12.7. The van der Waals surface area contributed by atoms with Crippen LogP contribution in [0.5, 0.6) is 0 Å². The summed E-state index contributed by atoms with van der Waals surface area (Å²) in [5, 5.41) is 8.42. The molecule has 13 heteroatoms. The van der Waals surface area contributed by atoms with Gasteiger partial charge in [-0.3, -0.25) is 9.69 Å². The van der Waals surface area contributed by atoms with Gasteiger partial charge in [-0.25, -0.2) is 4.79 Å². The average Bonchev–Trinajstić information content (AvgIpc) is 3.33. The number of morpholine rings is 1. The number of carbonyl (C=O) groups excluding carboxylic acids is 2. The van der Waals surface area contributed by atoms with E-state index < -0.39 is 6.03 Å². The molecule has 0 saturated carbocycles. The van der Waals surface area contributed by atoms with Crippen LogP contribution in [0.25, 0.3) is 11.4 Å². The number of nitrogens with one attached hydrogen (secondary N) is 3. The molecule has 13 nitrogen and oxygen atoms in total. The van der Waals surface area contributed by atoms with E-state index in [-0.39, 0.29) is 5.91 Å². The lowest BCUT2D eigenvalue weighted by Crippen LogP contribution is -2.38. The van der Waals surface area contributed by atoms with E-state index >= 15 is 0 Å². The first-order valence-electron chi connectivity index (χ1n) is 15.5. The van der Waals surface area contributed by atoms with Crippen molar-refractivity contribution in [1.29, 1.82) is 0 Å². The van der Waals surface area contributed by atoms with Crippen molar-refractivity contribution < 1.29 is 19.1 Å². The second kappa shape index (κ2) is 15.6. The van der Waals surface area contributed by atoms with Crippen LogP contribution in [-0.2, 0) is 9.47 Å². The number of anilines is 4. The Morgan fingerprint density at radius 2 is 1.44 bits per heavy atom. The van der Waals surface area contributed by atoms with Gasteiger partial charge in [-0.1, -0.05) is 0 Å². The van der Waals surface area contributed by atoms with Crippen LogP contribution in [-0.4, -0.2) is 111 Å². The number of amides is 3. The predicted molar refractivity (Wildman–Crippen MR) is 175 cm³/mol. The summed E-state index contributed by atoms with van der Waals surface area (Å²) in [6, 6.07) is 14.2. The van der Waals surface area contributed by atoms with Crippen molar-refractivity contribution in [3.8, 4) is 11.4 Å². The van der Waals surface area contributed by atoms with Crippen LogP contribution in [0.15, 0.2) is 48.5 Å². The highest BCUT2D eigenvalue weighted by Gasteiger charge is 2.23. The number of methoxy groups -OCH3 is 1. The van der Waals surface area contributed by atoms with E-state index in [1.807, 2.05) is 24.3 Å². The van der Waals surface area contributed by atoms with Gasteiger partial charge in [-0.15, -0.1) is 0 Å². The molecule has 3 aromatic rings. The Bertz CT molecular complexity index is 1410. The van der Waals surface area contributed by atoms with Crippen molar-refractivity contribution in [3.05, 3.63) is 54.1 Å². The standard InChI is InChI=1S/C32H43N9O4/c1-23(2)39-14-4-15-40(17-16-39)30-36-28(37-31(38-30)41-18-21-45-22-19-41)24-5-9-26(10-6-24)34-32(43)35-27-11-7-25(8-12-27)29(42)33-13-20-44-3/h5-12,23H,4,13-22H2,1-3H3,(H,33,42)(H2,34,35,43). The molecule has 45 heavy (non-hydrogen) atoms. The number of nitrogens with zero attached hydrogens (tertiary/aromatic N) is 6. The Morgan fingerprint density at radius 3 is 2.07 bits per heavy atom. The van der Waals surface area contributed by atoms with E-state index in [1.165, 1.54) is 0 Å². The van der Waals surface area contributed by atoms with Gasteiger partial charge in [0.25, 0.3) is 5.91 Å². The number of benzene rings is 2. The van der Waals surface area contributed by atoms with Crippen molar-refractivity contribution in [3.63, 3.8) is 0 Å². The third kappa shape index (κ3) is 8.87. The largest absolute Gasteiger partial charge is 0.383 e. The van der Waals surface area contributed by atoms with Gasteiger partial charge in [0.2, 0.25) is 11.9 Å². The fraction of sp³-hybridized carbons (Fsp3) is 0.469. The lowest BCUT2D eigenvalue weighted by molar-refractivity contribution is 0.0937. The Hall–Kier alpha value is -4.33. The highest BCUT2D eigenvalue weighted by Crippen LogP contribution is 2.25. The monoisotopic (exact) mass is 617 g/mol. The molecule has 240 valence electrons. The van der Waals surface area contributed by atoms with E-state index in [9.17, 15) is 9.59 Å². The van der Waals surface area contributed by atoms with Gasteiger partial charge in [0, 0.05) is 81.5 Å². The van der Waals surface area contributed by atoms with Crippen LogP contribution in [0.3, 0.4) is 0 Å². The summed E-state index contributed by atoms with van der Waals surface area (Å²) in [5.74, 6) is 1.74. The molecule has 0 radical (unpaired) electrons. The van der Waals surface area contributed by atoms with Gasteiger partial charge < -0.3 is 35.2 Å². The molecule has 1 aromatic heterocycles. The van der Waals surface area contributed by atoms with Crippen LogP contribution in [0.1, 0.15) is 30.6 Å². The summed E-state index contributed by atoms with van der Waals surface area (Å²) in [6.07, 6.45) is 1.04. The number of aromatic nitrogens is 3. The normalized spacial score (nSPS) is 15.9. The Labute approximate surface area is 264 Å². The zero-order valence-corrected chi connectivity index (χ0v) is 26.3. The van der Waals surface area contributed by atoms with Crippen LogP contribution < -0.4 is 25.8 Å². The molecule has 3 amide bonds. The van der Waals surface area contributed by atoms with Gasteiger partial charge in [0.1, 0.15) is 0 Å². The fourth-order valence-electron chi connectivity index (χ4n) is 5.25. The molecule has 3 heterocycles. The van der Waals surface area contributed by atoms with Gasteiger partial charge >= 0.3 is 6.03 Å². The van der Waals surface area contributed by atoms with Crippen molar-refractivity contribution in [2.24, 2.45) is 0 Å². The third-order valence-corrected chi connectivity index (χ3v) is 7.85. The van der Waals surface area contributed by atoms with E-state index in [1.54, 1.807) is 31.4 Å². The lowest BCUT2D eigenvalue weighted by atomic mass is 10.2. The van der Waals surface area contributed by atoms with Crippen molar-refractivity contribution in [2.45, 2.75) is 26.3 Å². The molecule has 2 aromatic carbocycles. The Balaban J connectivity index is 1.26. The van der Waals surface area contributed by atoms with E-state index in [2.05, 4.69) is 44.5 Å². The molecule has 3 N–H and O–H groups in total. The molecule has 2 saturated heterocycles. The van der Waals surface area contributed by atoms with Crippen LogP contribution in [0.4, 0.5) is 28.1 Å². The summed E-state index contributed by atoms with van der Waals surface area (Å²) >= 11 is 0. The minimum absolute atomic E-state index is 0.199. The highest BCUT2D eigenvalue weighted by atomic mass is 16.5. The molecule has 5 rings (SSSR count). The first-order chi connectivity index (χ1) is 21.9. The summed E-state index contributed by atoms with van der Waals surface area (Å²) in [7, 11) is 1.58. The maximum atomic E-state index is 12.7. The molecule has 2 fully saturated rings. The minimum Gasteiger partial charge on any atom is -0.383 e. The summed E-state index contributed by atoms with van der Waals surface area (Å²) in [5.41, 5.74) is 2.52. The summed E-state index contributed by atoms with van der Waals surface area (Å²) in [4.78, 5) is 46.4. The number of ether oxygens (including phenoxy) is 2. The highest BCUT2D eigenvalue weighted by molar-refractivity contribution is 6.00.